The van der Waals surface area contributed by atoms with Crippen LogP contribution in [0.3, 0.4) is 0 Å². The van der Waals surface area contributed by atoms with Crippen molar-refractivity contribution in [2.24, 2.45) is 0 Å². The summed E-state index contributed by atoms with van der Waals surface area (Å²) in [6.07, 6.45) is -1.75. The first-order valence-corrected chi connectivity index (χ1v) is 5.70. The molecule has 1 aromatic rings. The van der Waals surface area contributed by atoms with Gasteiger partial charge < -0.3 is 14.9 Å². The molecule has 1 saturated heterocycles. The number of alkyl halides is 1. The van der Waals surface area contributed by atoms with E-state index in [1.165, 1.54) is 13.1 Å². The maximum atomic E-state index is 11.6. The van der Waals surface area contributed by atoms with Crippen molar-refractivity contribution in [1.82, 2.24) is 9.55 Å². The van der Waals surface area contributed by atoms with Crippen LogP contribution in [-0.2, 0) is 4.74 Å². The first kappa shape index (κ1) is 13.3. The van der Waals surface area contributed by atoms with Gasteiger partial charge >= 0.3 is 5.69 Å². The van der Waals surface area contributed by atoms with Crippen molar-refractivity contribution in [3.8, 4) is 0 Å². The zero-order chi connectivity index (χ0) is 13.5. The minimum Gasteiger partial charge on any atom is -0.394 e. The number of aliphatic hydroxyl groups is 2. The van der Waals surface area contributed by atoms with E-state index in [1.54, 1.807) is 0 Å². The highest BCUT2D eigenvalue weighted by Crippen LogP contribution is 2.42. The van der Waals surface area contributed by atoms with Crippen LogP contribution in [0.5, 0.6) is 0 Å². The zero-order valence-corrected chi connectivity index (χ0v) is 10.3. The molecule has 8 heteroatoms. The second kappa shape index (κ2) is 4.51. The number of rotatable bonds is 2. The lowest BCUT2D eigenvalue weighted by atomic mass is 10.0. The Hall–Kier alpha value is -1.15. The topological polar surface area (TPSA) is 105 Å². The van der Waals surface area contributed by atoms with E-state index >= 15 is 0 Å². The normalized spacial score (nSPS) is 35.9. The van der Waals surface area contributed by atoms with Crippen molar-refractivity contribution in [2.45, 2.75) is 30.2 Å². The van der Waals surface area contributed by atoms with Crippen LogP contribution >= 0.6 is 11.6 Å². The standard InChI is InChI=1S/C10H13ClN2O5/c1-10(11)7(16)5(4-14)18-8(10)13-3-2-6(15)12-9(13)17/h2-3,5,7-8,14,16H,4H2,1H3,(H,12,15,17)/t5-,7-,8-,10-/m1/s1. The molecule has 0 unspecified atom stereocenters. The maximum Gasteiger partial charge on any atom is 0.330 e. The van der Waals surface area contributed by atoms with E-state index < -0.39 is 41.2 Å². The van der Waals surface area contributed by atoms with Gasteiger partial charge in [-0.25, -0.2) is 4.79 Å². The van der Waals surface area contributed by atoms with Crippen LogP contribution in [0.4, 0.5) is 0 Å². The number of H-pyrrole nitrogens is 1. The number of ether oxygens (including phenoxy) is 1. The lowest BCUT2D eigenvalue weighted by molar-refractivity contribution is -0.0470. The third-order valence-electron chi connectivity index (χ3n) is 3.00. The van der Waals surface area contributed by atoms with E-state index in [1.807, 2.05) is 0 Å². The summed E-state index contributed by atoms with van der Waals surface area (Å²) < 4.78 is 6.43. The van der Waals surface area contributed by atoms with Crippen molar-refractivity contribution < 1.29 is 14.9 Å². The fourth-order valence-corrected chi connectivity index (χ4v) is 2.27. The number of hydrogen-bond donors (Lipinski definition) is 3. The summed E-state index contributed by atoms with van der Waals surface area (Å²) in [5.74, 6) is 0. The molecule has 0 bridgehead atoms. The maximum absolute atomic E-state index is 11.6. The monoisotopic (exact) mass is 276 g/mol. The van der Waals surface area contributed by atoms with Crippen LogP contribution in [0.2, 0.25) is 0 Å². The minimum atomic E-state index is -1.28. The molecule has 0 aliphatic carbocycles. The van der Waals surface area contributed by atoms with Crippen LogP contribution in [0, 0.1) is 0 Å². The van der Waals surface area contributed by atoms with Crippen molar-refractivity contribution in [1.29, 1.82) is 0 Å². The molecular formula is C10H13ClN2O5. The average molecular weight is 277 g/mol. The number of aromatic amines is 1. The third kappa shape index (κ3) is 1.99. The van der Waals surface area contributed by atoms with E-state index in [0.29, 0.717) is 0 Å². The molecule has 0 spiro atoms. The molecule has 7 nitrogen and oxygen atoms in total. The van der Waals surface area contributed by atoms with Crippen molar-refractivity contribution in [2.75, 3.05) is 6.61 Å². The molecule has 3 N–H and O–H groups in total. The molecule has 2 rings (SSSR count). The fraction of sp³-hybridized carbons (Fsp3) is 0.600. The third-order valence-corrected chi connectivity index (χ3v) is 3.41. The van der Waals surface area contributed by atoms with Crippen LogP contribution in [0.15, 0.2) is 21.9 Å². The summed E-state index contributed by atoms with van der Waals surface area (Å²) >= 11 is 6.17. The largest absolute Gasteiger partial charge is 0.394 e. The predicted molar refractivity (Wildman–Crippen MR) is 62.6 cm³/mol. The Morgan fingerprint density at radius 2 is 2.28 bits per heavy atom. The number of aliphatic hydroxyl groups excluding tert-OH is 2. The Kier molecular flexibility index (Phi) is 3.33. The molecule has 1 fully saturated rings. The molecule has 0 radical (unpaired) electrons. The van der Waals surface area contributed by atoms with Gasteiger partial charge in [-0.05, 0) is 6.92 Å². The van der Waals surface area contributed by atoms with E-state index in [4.69, 9.17) is 21.4 Å². The highest BCUT2D eigenvalue weighted by atomic mass is 35.5. The molecule has 4 atom stereocenters. The van der Waals surface area contributed by atoms with Crippen LogP contribution in [0.1, 0.15) is 13.2 Å². The van der Waals surface area contributed by atoms with E-state index in [-0.39, 0.29) is 0 Å². The number of halogens is 1. The molecule has 100 valence electrons. The highest BCUT2D eigenvalue weighted by Gasteiger charge is 2.53. The molecule has 1 aliphatic heterocycles. The molecule has 0 saturated carbocycles. The lowest BCUT2D eigenvalue weighted by Crippen LogP contribution is -2.42. The van der Waals surface area contributed by atoms with Gasteiger partial charge in [0.2, 0.25) is 0 Å². The van der Waals surface area contributed by atoms with Gasteiger partial charge in [0.25, 0.3) is 5.56 Å². The summed E-state index contributed by atoms with van der Waals surface area (Å²) in [6, 6.07) is 1.15. The Morgan fingerprint density at radius 3 is 2.78 bits per heavy atom. The van der Waals surface area contributed by atoms with Gasteiger partial charge in [-0.1, -0.05) is 0 Å². The zero-order valence-electron chi connectivity index (χ0n) is 9.54. The number of nitrogens with zero attached hydrogens (tertiary/aromatic N) is 1. The summed E-state index contributed by atoms with van der Waals surface area (Å²) in [7, 11) is 0. The Labute approximate surface area is 107 Å². The highest BCUT2D eigenvalue weighted by molar-refractivity contribution is 6.24. The number of nitrogens with one attached hydrogen (secondary N) is 1. The van der Waals surface area contributed by atoms with Gasteiger partial charge in [0, 0.05) is 12.3 Å². The summed E-state index contributed by atoms with van der Waals surface area (Å²) in [5.41, 5.74) is -1.23. The van der Waals surface area contributed by atoms with Gasteiger partial charge in [-0.2, -0.15) is 0 Å². The van der Waals surface area contributed by atoms with Gasteiger partial charge in [0.05, 0.1) is 6.61 Å². The van der Waals surface area contributed by atoms with Crippen LogP contribution in [0.25, 0.3) is 0 Å². The predicted octanol–water partition coefficient (Wildman–Crippen LogP) is -1.22. The number of hydrogen-bond acceptors (Lipinski definition) is 5. The second-order valence-corrected chi connectivity index (χ2v) is 5.14. The first-order chi connectivity index (χ1) is 8.37. The Bertz CT molecular complexity index is 552. The molecule has 0 aromatic carbocycles. The molecule has 2 heterocycles. The fourth-order valence-electron chi connectivity index (χ4n) is 1.97. The summed E-state index contributed by atoms with van der Waals surface area (Å²) in [6.45, 7) is 1.08. The quantitative estimate of drug-likeness (QED) is 0.588. The van der Waals surface area contributed by atoms with Crippen LogP contribution in [-0.4, -0.2) is 43.5 Å². The first-order valence-electron chi connectivity index (χ1n) is 5.32. The molecule has 1 aromatic heterocycles. The molecule has 1 aliphatic rings. The lowest BCUT2D eigenvalue weighted by Gasteiger charge is -2.26. The van der Waals surface area contributed by atoms with Gasteiger partial charge in [0.1, 0.15) is 17.1 Å². The van der Waals surface area contributed by atoms with Crippen molar-refractivity contribution >= 4 is 11.6 Å². The summed E-state index contributed by atoms with van der Waals surface area (Å²) in [5, 5.41) is 18.9. The average Bonchev–Trinajstić information content (AvgIpc) is 2.52. The van der Waals surface area contributed by atoms with Gasteiger partial charge in [0.15, 0.2) is 6.23 Å². The van der Waals surface area contributed by atoms with E-state index in [0.717, 1.165) is 10.6 Å². The minimum absolute atomic E-state index is 0.419. The second-order valence-electron chi connectivity index (χ2n) is 4.32. The smallest absolute Gasteiger partial charge is 0.330 e. The molecule has 18 heavy (non-hydrogen) atoms. The van der Waals surface area contributed by atoms with Crippen LogP contribution < -0.4 is 11.2 Å². The molecule has 0 amide bonds. The van der Waals surface area contributed by atoms with Crippen molar-refractivity contribution in [3.63, 3.8) is 0 Å². The Morgan fingerprint density at radius 1 is 1.61 bits per heavy atom. The Balaban J connectivity index is 2.45. The number of aromatic nitrogens is 2. The van der Waals surface area contributed by atoms with E-state index in [9.17, 15) is 14.7 Å². The SMILES string of the molecule is C[C@@]1(Cl)[C@H](O)[C@@H](CO)O[C@H]1n1ccc(=O)[nH]c1=O. The van der Waals surface area contributed by atoms with E-state index in [2.05, 4.69) is 4.98 Å². The summed E-state index contributed by atoms with van der Waals surface area (Å²) in [4.78, 5) is 23.4. The van der Waals surface area contributed by atoms with Crippen molar-refractivity contribution in [3.05, 3.63) is 33.1 Å². The molecular weight excluding hydrogens is 264 g/mol. The van der Waals surface area contributed by atoms with Gasteiger partial charge in [-0.3, -0.25) is 14.3 Å². The van der Waals surface area contributed by atoms with Gasteiger partial charge in [-0.15, -0.1) is 11.6 Å².